The zero-order valence-electron chi connectivity index (χ0n) is 12.6. The van der Waals surface area contributed by atoms with Gasteiger partial charge >= 0.3 is 12.1 Å². The first-order valence-corrected chi connectivity index (χ1v) is 7.45. The first kappa shape index (κ1) is 15.1. The highest BCUT2D eigenvalue weighted by molar-refractivity contribution is 5.86. The van der Waals surface area contributed by atoms with Gasteiger partial charge in [0.1, 0.15) is 11.1 Å². The summed E-state index contributed by atoms with van der Waals surface area (Å²) in [6.07, 6.45) is 5.48. The third kappa shape index (κ3) is 2.50. The standard InChI is InChI=1S/C15H25NO4/c1-13(2,3)20-12(19)16-15(11(17)18)10-6-9-14(15)7-4-5-8-14/h4-10H2,1-3H3,(H,16,19)(H,17,18). The Kier molecular flexibility index (Phi) is 3.73. The molecule has 5 heteroatoms. The summed E-state index contributed by atoms with van der Waals surface area (Å²) in [4.78, 5) is 24.0. The van der Waals surface area contributed by atoms with E-state index in [0.29, 0.717) is 6.42 Å². The number of carbonyl (C=O) groups excluding carboxylic acids is 1. The molecule has 0 aromatic rings. The van der Waals surface area contributed by atoms with E-state index in [-0.39, 0.29) is 5.41 Å². The number of aliphatic carboxylic acids is 1. The van der Waals surface area contributed by atoms with Crippen molar-refractivity contribution in [3.63, 3.8) is 0 Å². The third-order valence-corrected chi connectivity index (χ3v) is 4.75. The Hall–Kier alpha value is -1.26. The molecule has 1 spiro atoms. The molecule has 2 N–H and O–H groups in total. The van der Waals surface area contributed by atoms with Gasteiger partial charge in [0.15, 0.2) is 0 Å². The van der Waals surface area contributed by atoms with Crippen molar-refractivity contribution in [2.24, 2.45) is 5.41 Å². The van der Waals surface area contributed by atoms with Crippen molar-refractivity contribution >= 4 is 12.1 Å². The maximum atomic E-state index is 12.1. The van der Waals surface area contributed by atoms with Crippen molar-refractivity contribution in [1.29, 1.82) is 0 Å². The first-order valence-electron chi connectivity index (χ1n) is 7.45. The van der Waals surface area contributed by atoms with Crippen LogP contribution in [0, 0.1) is 5.41 Å². The van der Waals surface area contributed by atoms with Crippen LogP contribution >= 0.6 is 0 Å². The summed E-state index contributed by atoms with van der Waals surface area (Å²) in [6.45, 7) is 5.33. The molecule has 2 saturated carbocycles. The Morgan fingerprint density at radius 3 is 2.10 bits per heavy atom. The molecule has 0 saturated heterocycles. The zero-order valence-corrected chi connectivity index (χ0v) is 12.6. The van der Waals surface area contributed by atoms with Crippen LogP contribution in [0.15, 0.2) is 0 Å². The fourth-order valence-corrected chi connectivity index (χ4v) is 3.96. The number of ether oxygens (including phenoxy) is 1. The van der Waals surface area contributed by atoms with Gasteiger partial charge in [-0.05, 0) is 52.9 Å². The summed E-state index contributed by atoms with van der Waals surface area (Å²) in [5, 5.41) is 12.5. The number of alkyl carbamates (subject to hydrolysis) is 1. The molecular weight excluding hydrogens is 258 g/mol. The Labute approximate surface area is 120 Å². The monoisotopic (exact) mass is 283 g/mol. The summed E-state index contributed by atoms with van der Waals surface area (Å²) in [7, 11) is 0. The Morgan fingerprint density at radius 1 is 1.05 bits per heavy atom. The summed E-state index contributed by atoms with van der Waals surface area (Å²) < 4.78 is 5.26. The molecular formula is C15H25NO4. The Morgan fingerprint density at radius 2 is 1.60 bits per heavy atom. The molecule has 0 aromatic heterocycles. The quantitative estimate of drug-likeness (QED) is 0.816. The molecule has 5 nitrogen and oxygen atoms in total. The average Bonchev–Trinajstić information content (AvgIpc) is 2.87. The SMILES string of the molecule is CC(C)(C)OC(=O)NC1(C(=O)O)CCCC12CCCC2. The van der Waals surface area contributed by atoms with Crippen LogP contribution < -0.4 is 5.32 Å². The Balaban J connectivity index is 2.22. The van der Waals surface area contributed by atoms with Crippen LogP contribution in [0.3, 0.4) is 0 Å². The summed E-state index contributed by atoms with van der Waals surface area (Å²) in [5.41, 5.74) is -2.05. The number of carboxylic acid groups (broad SMARTS) is 1. The summed E-state index contributed by atoms with van der Waals surface area (Å²) in [5.74, 6) is -0.914. The van der Waals surface area contributed by atoms with Gasteiger partial charge in [0.2, 0.25) is 0 Å². The van der Waals surface area contributed by atoms with Gasteiger partial charge in [-0.15, -0.1) is 0 Å². The van der Waals surface area contributed by atoms with Crippen LogP contribution in [0.1, 0.15) is 65.7 Å². The minimum Gasteiger partial charge on any atom is -0.479 e. The highest BCUT2D eigenvalue weighted by Gasteiger charge is 2.61. The van der Waals surface area contributed by atoms with E-state index in [4.69, 9.17) is 4.74 Å². The van der Waals surface area contributed by atoms with Crippen molar-refractivity contribution in [1.82, 2.24) is 5.32 Å². The van der Waals surface area contributed by atoms with Gasteiger partial charge in [0, 0.05) is 5.41 Å². The van der Waals surface area contributed by atoms with E-state index in [1.165, 1.54) is 0 Å². The second kappa shape index (κ2) is 4.93. The van der Waals surface area contributed by atoms with Crippen molar-refractivity contribution in [3.05, 3.63) is 0 Å². The van der Waals surface area contributed by atoms with E-state index in [9.17, 15) is 14.7 Å². The number of amides is 1. The molecule has 0 aliphatic heterocycles. The highest BCUT2D eigenvalue weighted by Crippen LogP contribution is 2.56. The number of hydrogen-bond acceptors (Lipinski definition) is 3. The minimum atomic E-state index is -1.15. The average molecular weight is 283 g/mol. The molecule has 2 rings (SSSR count). The normalized spacial score (nSPS) is 28.6. The van der Waals surface area contributed by atoms with Gasteiger partial charge in [0.25, 0.3) is 0 Å². The molecule has 1 amide bonds. The topological polar surface area (TPSA) is 75.6 Å². The van der Waals surface area contributed by atoms with E-state index < -0.39 is 23.2 Å². The van der Waals surface area contributed by atoms with Crippen LogP contribution in [-0.4, -0.2) is 28.3 Å². The molecule has 2 aliphatic carbocycles. The fraction of sp³-hybridized carbons (Fsp3) is 0.867. The first-order chi connectivity index (χ1) is 9.21. The molecule has 0 aromatic carbocycles. The minimum absolute atomic E-state index is 0.282. The molecule has 0 radical (unpaired) electrons. The van der Waals surface area contributed by atoms with Gasteiger partial charge in [-0.2, -0.15) is 0 Å². The molecule has 20 heavy (non-hydrogen) atoms. The largest absolute Gasteiger partial charge is 0.479 e. The molecule has 1 atom stereocenters. The van der Waals surface area contributed by atoms with Gasteiger partial charge in [-0.3, -0.25) is 0 Å². The van der Waals surface area contributed by atoms with Crippen molar-refractivity contribution < 1.29 is 19.4 Å². The lowest BCUT2D eigenvalue weighted by Crippen LogP contribution is -2.62. The van der Waals surface area contributed by atoms with Gasteiger partial charge in [-0.1, -0.05) is 12.8 Å². The number of carboxylic acids is 1. The van der Waals surface area contributed by atoms with Gasteiger partial charge in [0.05, 0.1) is 0 Å². The lowest BCUT2D eigenvalue weighted by molar-refractivity contribution is -0.150. The van der Waals surface area contributed by atoms with E-state index >= 15 is 0 Å². The lowest BCUT2D eigenvalue weighted by Gasteiger charge is -2.41. The lowest BCUT2D eigenvalue weighted by atomic mass is 9.70. The maximum absolute atomic E-state index is 12.1. The maximum Gasteiger partial charge on any atom is 0.408 e. The van der Waals surface area contributed by atoms with E-state index in [2.05, 4.69) is 5.32 Å². The van der Waals surface area contributed by atoms with Crippen LogP contribution in [0.25, 0.3) is 0 Å². The Bertz CT molecular complexity index is 401. The predicted molar refractivity (Wildman–Crippen MR) is 74.5 cm³/mol. The number of hydrogen-bond donors (Lipinski definition) is 2. The van der Waals surface area contributed by atoms with Crippen LogP contribution in [-0.2, 0) is 9.53 Å². The predicted octanol–water partition coefficient (Wildman–Crippen LogP) is 3.08. The van der Waals surface area contributed by atoms with Crippen LogP contribution in [0.4, 0.5) is 4.79 Å². The van der Waals surface area contributed by atoms with Crippen molar-refractivity contribution in [2.75, 3.05) is 0 Å². The third-order valence-electron chi connectivity index (χ3n) is 4.75. The number of nitrogens with one attached hydrogen (secondary N) is 1. The second-order valence-electron chi connectivity index (χ2n) is 7.18. The number of rotatable bonds is 2. The van der Waals surface area contributed by atoms with Gasteiger partial charge < -0.3 is 15.2 Å². The molecule has 0 heterocycles. The molecule has 0 bridgehead atoms. The number of carbonyl (C=O) groups is 2. The summed E-state index contributed by atoms with van der Waals surface area (Å²) in [6, 6.07) is 0. The molecule has 2 fully saturated rings. The van der Waals surface area contributed by atoms with Crippen LogP contribution in [0.5, 0.6) is 0 Å². The zero-order chi connectivity index (χ0) is 15.0. The van der Waals surface area contributed by atoms with Gasteiger partial charge in [-0.25, -0.2) is 9.59 Å². The molecule has 114 valence electrons. The van der Waals surface area contributed by atoms with E-state index in [0.717, 1.165) is 38.5 Å². The molecule has 1 unspecified atom stereocenters. The van der Waals surface area contributed by atoms with E-state index in [1.807, 2.05) is 0 Å². The highest BCUT2D eigenvalue weighted by atomic mass is 16.6. The fourth-order valence-electron chi connectivity index (χ4n) is 3.96. The van der Waals surface area contributed by atoms with Crippen LogP contribution in [0.2, 0.25) is 0 Å². The summed E-state index contributed by atoms with van der Waals surface area (Å²) >= 11 is 0. The van der Waals surface area contributed by atoms with E-state index in [1.54, 1.807) is 20.8 Å². The molecule has 2 aliphatic rings. The van der Waals surface area contributed by atoms with Crippen molar-refractivity contribution in [2.45, 2.75) is 76.9 Å². The second-order valence-corrected chi connectivity index (χ2v) is 7.18. The smallest absolute Gasteiger partial charge is 0.408 e. The van der Waals surface area contributed by atoms with Crippen molar-refractivity contribution in [3.8, 4) is 0 Å².